The third-order valence-corrected chi connectivity index (χ3v) is 3.58. The topological polar surface area (TPSA) is 70.2 Å². The van der Waals surface area contributed by atoms with E-state index in [4.69, 9.17) is 12.2 Å². The number of nitrogens with one attached hydrogen (secondary N) is 2. The molecular weight excluding hydrogens is 230 g/mol. The lowest BCUT2D eigenvalue weighted by Gasteiger charge is -2.01. The second-order valence-corrected chi connectivity index (χ2v) is 4.57. The van der Waals surface area contributed by atoms with Crippen LogP contribution in [0.3, 0.4) is 0 Å². The van der Waals surface area contributed by atoms with Gasteiger partial charge in [-0.05, 0) is 0 Å². The number of nitrogens with zero attached hydrogens (tertiary/aromatic N) is 3. The Labute approximate surface area is 94.7 Å². The van der Waals surface area contributed by atoms with Gasteiger partial charge < -0.3 is 4.98 Å². The molecule has 3 rings (SSSR count). The molecule has 0 spiro atoms. The van der Waals surface area contributed by atoms with Crippen molar-refractivity contribution in [1.82, 2.24) is 25.4 Å². The van der Waals surface area contributed by atoms with Gasteiger partial charge in [0.2, 0.25) is 0 Å². The van der Waals surface area contributed by atoms with Gasteiger partial charge in [-0.2, -0.15) is 27.2 Å². The van der Waals surface area contributed by atoms with Crippen molar-refractivity contribution in [2.45, 2.75) is 11.5 Å². The molecule has 0 aromatic carbocycles. The molecule has 1 aliphatic rings. The fraction of sp³-hybridized carbons (Fsp3) is 0.250. The van der Waals surface area contributed by atoms with Crippen LogP contribution in [0.2, 0.25) is 0 Å². The standard InChI is InChI=1S/C8H7N5S2/c14-8-4-2-15-3-6(4)10-7(11-8)5-1-9-13-12-5/h1H,2-3H2,(H,9,12,13)(H,10,11,14). The van der Waals surface area contributed by atoms with Crippen LogP contribution in [-0.4, -0.2) is 25.4 Å². The zero-order valence-corrected chi connectivity index (χ0v) is 9.28. The van der Waals surface area contributed by atoms with Gasteiger partial charge in [0.15, 0.2) is 5.82 Å². The van der Waals surface area contributed by atoms with E-state index < -0.39 is 0 Å². The van der Waals surface area contributed by atoms with E-state index in [0.717, 1.165) is 22.8 Å². The molecular formula is C8H7N5S2. The maximum atomic E-state index is 5.24. The molecule has 7 heteroatoms. The Morgan fingerprint density at radius 1 is 1.40 bits per heavy atom. The van der Waals surface area contributed by atoms with Gasteiger partial charge in [0, 0.05) is 22.8 Å². The van der Waals surface area contributed by atoms with E-state index in [0.29, 0.717) is 16.2 Å². The molecule has 0 unspecified atom stereocenters. The van der Waals surface area contributed by atoms with Crippen molar-refractivity contribution in [3.05, 3.63) is 22.1 Å². The minimum atomic E-state index is 0.673. The van der Waals surface area contributed by atoms with Crippen LogP contribution in [0.25, 0.3) is 11.5 Å². The van der Waals surface area contributed by atoms with Gasteiger partial charge in [-0.25, -0.2) is 4.98 Å². The molecule has 0 fully saturated rings. The first-order valence-corrected chi connectivity index (χ1v) is 5.97. The van der Waals surface area contributed by atoms with Crippen molar-refractivity contribution in [3.8, 4) is 11.5 Å². The van der Waals surface area contributed by atoms with Crippen LogP contribution in [0, 0.1) is 4.64 Å². The highest BCUT2D eigenvalue weighted by Gasteiger charge is 2.16. The van der Waals surface area contributed by atoms with Crippen LogP contribution in [0.15, 0.2) is 6.20 Å². The van der Waals surface area contributed by atoms with Crippen LogP contribution in [0.5, 0.6) is 0 Å². The predicted molar refractivity (Wildman–Crippen MR) is 59.8 cm³/mol. The Morgan fingerprint density at radius 3 is 3.13 bits per heavy atom. The Morgan fingerprint density at radius 2 is 2.33 bits per heavy atom. The number of thioether (sulfide) groups is 1. The Balaban J connectivity index is 2.20. The van der Waals surface area contributed by atoms with Gasteiger partial charge in [0.25, 0.3) is 0 Å². The van der Waals surface area contributed by atoms with E-state index in [9.17, 15) is 0 Å². The first kappa shape index (κ1) is 9.05. The summed E-state index contributed by atoms with van der Waals surface area (Å²) in [7, 11) is 0. The SMILES string of the molecule is S=c1nc(-c2cn[nH]n2)[nH]c2c1CSC2. The predicted octanol–water partition coefficient (Wildman–Crippen LogP) is 1.67. The zero-order chi connectivity index (χ0) is 10.3. The molecule has 5 nitrogen and oxygen atoms in total. The molecule has 2 aromatic rings. The third-order valence-electron chi connectivity index (χ3n) is 2.26. The monoisotopic (exact) mass is 237 g/mol. The number of H-pyrrole nitrogens is 2. The molecule has 0 radical (unpaired) electrons. The van der Waals surface area contributed by atoms with Gasteiger partial charge in [-0.3, -0.25) is 0 Å². The number of hydrogen-bond donors (Lipinski definition) is 2. The summed E-state index contributed by atoms with van der Waals surface area (Å²) in [6.07, 6.45) is 1.63. The van der Waals surface area contributed by atoms with Crippen molar-refractivity contribution >= 4 is 24.0 Å². The zero-order valence-electron chi connectivity index (χ0n) is 7.65. The number of hydrogen-bond acceptors (Lipinski definition) is 5. The normalized spacial score (nSPS) is 14.1. The average molecular weight is 237 g/mol. The van der Waals surface area contributed by atoms with Gasteiger partial charge in [-0.15, -0.1) is 0 Å². The summed E-state index contributed by atoms with van der Waals surface area (Å²) in [5.74, 6) is 2.61. The summed E-state index contributed by atoms with van der Waals surface area (Å²) >= 11 is 7.08. The quantitative estimate of drug-likeness (QED) is 0.738. The number of aromatic nitrogens is 5. The van der Waals surface area contributed by atoms with Gasteiger partial charge in [0.05, 0.1) is 6.20 Å². The lowest BCUT2D eigenvalue weighted by molar-refractivity contribution is 0.935. The minimum Gasteiger partial charge on any atom is -0.341 e. The summed E-state index contributed by atoms with van der Waals surface area (Å²) in [5.41, 5.74) is 3.01. The molecule has 0 saturated carbocycles. The highest BCUT2D eigenvalue weighted by Crippen LogP contribution is 2.29. The molecule has 0 amide bonds. The lowest BCUT2D eigenvalue weighted by atomic mass is 10.3. The molecule has 15 heavy (non-hydrogen) atoms. The number of fused-ring (bicyclic) bond motifs is 1. The second-order valence-electron chi connectivity index (χ2n) is 3.20. The van der Waals surface area contributed by atoms with E-state index in [1.54, 1.807) is 6.20 Å². The summed E-state index contributed by atoms with van der Waals surface area (Å²) < 4.78 is 0.673. The summed E-state index contributed by atoms with van der Waals surface area (Å²) in [6.45, 7) is 0. The van der Waals surface area contributed by atoms with Gasteiger partial charge in [-0.1, -0.05) is 12.2 Å². The van der Waals surface area contributed by atoms with Crippen molar-refractivity contribution in [2.75, 3.05) is 0 Å². The largest absolute Gasteiger partial charge is 0.341 e. The van der Waals surface area contributed by atoms with Gasteiger partial charge in [0.1, 0.15) is 10.3 Å². The first-order chi connectivity index (χ1) is 7.34. The van der Waals surface area contributed by atoms with Crippen molar-refractivity contribution < 1.29 is 0 Å². The summed E-state index contributed by atoms with van der Waals surface area (Å²) in [5, 5.41) is 10.3. The minimum absolute atomic E-state index is 0.673. The fourth-order valence-corrected chi connectivity index (χ4v) is 2.95. The van der Waals surface area contributed by atoms with Crippen molar-refractivity contribution in [2.24, 2.45) is 0 Å². The molecule has 2 aromatic heterocycles. The van der Waals surface area contributed by atoms with Crippen LogP contribution < -0.4 is 0 Å². The average Bonchev–Trinajstić information content (AvgIpc) is 2.88. The van der Waals surface area contributed by atoms with E-state index in [2.05, 4.69) is 25.4 Å². The van der Waals surface area contributed by atoms with Gasteiger partial charge >= 0.3 is 0 Å². The first-order valence-electron chi connectivity index (χ1n) is 4.40. The van der Waals surface area contributed by atoms with Crippen LogP contribution in [0.4, 0.5) is 0 Å². The Hall–Kier alpha value is -1.21. The summed E-state index contributed by atoms with van der Waals surface area (Å²) in [4.78, 5) is 7.56. The smallest absolute Gasteiger partial charge is 0.161 e. The van der Waals surface area contributed by atoms with Crippen molar-refractivity contribution in [3.63, 3.8) is 0 Å². The molecule has 0 saturated heterocycles. The maximum absolute atomic E-state index is 5.24. The Kier molecular flexibility index (Phi) is 2.06. The van der Waals surface area contributed by atoms with Crippen LogP contribution in [-0.2, 0) is 11.5 Å². The molecule has 1 aliphatic heterocycles. The van der Waals surface area contributed by atoms with E-state index >= 15 is 0 Å². The Bertz CT molecular complexity index is 545. The molecule has 2 N–H and O–H groups in total. The third kappa shape index (κ3) is 1.47. The fourth-order valence-electron chi connectivity index (χ4n) is 1.51. The molecule has 76 valence electrons. The highest BCUT2D eigenvalue weighted by molar-refractivity contribution is 7.98. The number of aromatic amines is 2. The van der Waals surface area contributed by atoms with Crippen molar-refractivity contribution in [1.29, 1.82) is 0 Å². The molecule has 0 bridgehead atoms. The lowest BCUT2D eigenvalue weighted by Crippen LogP contribution is -1.97. The van der Waals surface area contributed by atoms with E-state index in [1.165, 1.54) is 0 Å². The summed E-state index contributed by atoms with van der Waals surface area (Å²) in [6, 6.07) is 0. The molecule has 3 heterocycles. The van der Waals surface area contributed by atoms with Crippen LogP contribution >= 0.6 is 24.0 Å². The molecule has 0 atom stereocenters. The second kappa shape index (κ2) is 3.42. The maximum Gasteiger partial charge on any atom is 0.161 e. The highest BCUT2D eigenvalue weighted by atomic mass is 32.2. The van der Waals surface area contributed by atoms with Crippen LogP contribution in [0.1, 0.15) is 11.3 Å². The molecule has 0 aliphatic carbocycles. The van der Waals surface area contributed by atoms with E-state index in [-0.39, 0.29) is 0 Å². The van der Waals surface area contributed by atoms with E-state index in [1.807, 2.05) is 11.8 Å². The number of rotatable bonds is 1.